The Morgan fingerprint density at radius 2 is 1.50 bits per heavy atom. The lowest BCUT2D eigenvalue weighted by molar-refractivity contribution is -0.137. The molecule has 0 bridgehead atoms. The Morgan fingerprint density at radius 1 is 0.967 bits per heavy atom. The monoisotopic (exact) mass is 428 g/mol. The predicted octanol–water partition coefficient (Wildman–Crippen LogP) is 5.90. The number of H-pyrrole nitrogens is 1. The number of halogens is 3. The van der Waals surface area contributed by atoms with Crippen LogP contribution in [0.1, 0.15) is 52.7 Å². The van der Waals surface area contributed by atoms with Gasteiger partial charge < -0.3 is 14.5 Å². The highest BCUT2D eigenvalue weighted by Gasteiger charge is 2.32. The molecule has 9 heteroatoms. The molecule has 0 atom stereocenters. The number of fused-ring (bicyclic) bond motifs is 1. The van der Waals surface area contributed by atoms with Crippen molar-refractivity contribution < 1.29 is 32.2 Å². The van der Waals surface area contributed by atoms with Crippen molar-refractivity contribution in [2.75, 3.05) is 6.54 Å². The van der Waals surface area contributed by atoms with Crippen LogP contribution in [0.5, 0.6) is 0 Å². The lowest BCUT2D eigenvalue weighted by Gasteiger charge is -2.28. The number of aromatic amines is 1. The van der Waals surface area contributed by atoms with Crippen LogP contribution in [0, 0.1) is 0 Å². The molecule has 30 heavy (non-hydrogen) atoms. The number of aromatic nitrogens is 1. The van der Waals surface area contributed by atoms with Crippen LogP contribution < -0.4 is 0 Å². The summed E-state index contributed by atoms with van der Waals surface area (Å²) in [6, 6.07) is 3.40. The normalized spacial score (nSPS) is 12.7. The molecule has 6 nitrogen and oxygen atoms in total. The van der Waals surface area contributed by atoms with Gasteiger partial charge >= 0.3 is 18.4 Å². The van der Waals surface area contributed by atoms with Crippen LogP contribution in [0.15, 0.2) is 24.4 Å². The third-order valence-electron chi connectivity index (χ3n) is 3.93. The number of rotatable bonds is 3. The molecule has 2 aromatic rings. The van der Waals surface area contributed by atoms with Gasteiger partial charge in [-0.25, -0.2) is 14.5 Å². The van der Waals surface area contributed by atoms with E-state index in [0.717, 1.165) is 17.0 Å². The van der Waals surface area contributed by atoms with E-state index < -0.39 is 35.1 Å². The van der Waals surface area contributed by atoms with Crippen LogP contribution in [0.3, 0.4) is 0 Å². The first-order valence-corrected chi connectivity index (χ1v) is 9.47. The molecule has 2 amide bonds. The van der Waals surface area contributed by atoms with Gasteiger partial charge in [0.15, 0.2) is 0 Å². The summed E-state index contributed by atoms with van der Waals surface area (Å²) in [5.41, 5.74) is -1.40. The zero-order valence-corrected chi connectivity index (χ0v) is 17.9. The highest BCUT2D eigenvalue weighted by molar-refractivity contribution is 5.88. The van der Waals surface area contributed by atoms with E-state index in [9.17, 15) is 22.8 Å². The van der Waals surface area contributed by atoms with Crippen molar-refractivity contribution in [3.05, 3.63) is 35.5 Å². The molecule has 166 valence electrons. The van der Waals surface area contributed by atoms with Gasteiger partial charge in [0.1, 0.15) is 11.2 Å². The first-order valence-electron chi connectivity index (χ1n) is 9.47. The number of nitrogens with one attached hydrogen (secondary N) is 1. The number of carbonyl (C=O) groups is 2. The Kier molecular flexibility index (Phi) is 6.44. The summed E-state index contributed by atoms with van der Waals surface area (Å²) in [6.45, 7) is 10.0. The molecule has 1 heterocycles. The second-order valence-corrected chi connectivity index (χ2v) is 8.93. The molecule has 2 rings (SSSR count). The first kappa shape index (κ1) is 23.6. The van der Waals surface area contributed by atoms with Gasteiger partial charge in [-0.05, 0) is 65.7 Å². The largest absolute Gasteiger partial charge is 0.443 e. The molecule has 0 unspecified atom stereocenters. The van der Waals surface area contributed by atoms with Crippen molar-refractivity contribution in [3.8, 4) is 0 Å². The number of imide groups is 1. The second-order valence-electron chi connectivity index (χ2n) is 8.93. The molecule has 0 aliphatic heterocycles. The number of ether oxygens (including phenoxy) is 2. The summed E-state index contributed by atoms with van der Waals surface area (Å²) in [5.74, 6) is 0. The van der Waals surface area contributed by atoms with Gasteiger partial charge in [-0.2, -0.15) is 13.2 Å². The van der Waals surface area contributed by atoms with Gasteiger partial charge in [-0.1, -0.05) is 6.07 Å². The van der Waals surface area contributed by atoms with Crippen molar-refractivity contribution in [3.63, 3.8) is 0 Å². The van der Waals surface area contributed by atoms with Gasteiger partial charge in [0.2, 0.25) is 0 Å². The highest BCUT2D eigenvalue weighted by atomic mass is 19.4. The fourth-order valence-corrected chi connectivity index (χ4v) is 2.69. The van der Waals surface area contributed by atoms with Crippen molar-refractivity contribution in [2.45, 2.75) is 65.3 Å². The fraction of sp³-hybridized carbons (Fsp3) is 0.524. The third-order valence-corrected chi connectivity index (χ3v) is 3.93. The summed E-state index contributed by atoms with van der Waals surface area (Å²) in [6.07, 6.45) is -4.37. The van der Waals surface area contributed by atoms with Crippen LogP contribution in [-0.4, -0.2) is 39.8 Å². The molecule has 0 radical (unpaired) electrons. The zero-order chi connectivity index (χ0) is 22.9. The van der Waals surface area contributed by atoms with Crippen molar-refractivity contribution in [1.82, 2.24) is 9.88 Å². The van der Waals surface area contributed by atoms with Gasteiger partial charge in [0.25, 0.3) is 0 Å². The average molecular weight is 428 g/mol. The number of amides is 2. The Morgan fingerprint density at radius 3 is 1.97 bits per heavy atom. The Balaban J connectivity index is 2.23. The molecule has 0 aliphatic carbocycles. The summed E-state index contributed by atoms with van der Waals surface area (Å²) < 4.78 is 49.3. The molecule has 0 fully saturated rings. The number of hydrogen-bond acceptors (Lipinski definition) is 4. The number of nitrogens with zero attached hydrogens (tertiary/aromatic N) is 1. The lowest BCUT2D eigenvalue weighted by atomic mass is 10.1. The zero-order valence-electron chi connectivity index (χ0n) is 17.9. The predicted molar refractivity (Wildman–Crippen MR) is 106 cm³/mol. The van der Waals surface area contributed by atoms with Crippen LogP contribution in [0.25, 0.3) is 10.9 Å². The first-order chi connectivity index (χ1) is 13.6. The van der Waals surface area contributed by atoms with E-state index in [-0.39, 0.29) is 13.0 Å². The smallest absolute Gasteiger partial charge is 0.419 e. The van der Waals surface area contributed by atoms with Crippen LogP contribution in [0.2, 0.25) is 0 Å². The third kappa shape index (κ3) is 6.40. The van der Waals surface area contributed by atoms with E-state index in [1.165, 1.54) is 6.07 Å². The number of alkyl halides is 3. The van der Waals surface area contributed by atoms with Crippen molar-refractivity contribution in [2.24, 2.45) is 0 Å². The van der Waals surface area contributed by atoms with Gasteiger partial charge in [0.05, 0.1) is 5.56 Å². The Labute approximate surface area is 173 Å². The van der Waals surface area contributed by atoms with Gasteiger partial charge in [-0.15, -0.1) is 0 Å². The van der Waals surface area contributed by atoms with E-state index in [1.54, 1.807) is 47.7 Å². The maximum absolute atomic E-state index is 12.9. The summed E-state index contributed by atoms with van der Waals surface area (Å²) in [5, 5.41) is 0.580. The number of hydrogen-bond donors (Lipinski definition) is 1. The van der Waals surface area contributed by atoms with Crippen molar-refractivity contribution >= 4 is 23.1 Å². The van der Waals surface area contributed by atoms with Crippen molar-refractivity contribution in [1.29, 1.82) is 0 Å². The molecule has 0 saturated carbocycles. The minimum Gasteiger partial charge on any atom is -0.443 e. The van der Waals surface area contributed by atoms with E-state index in [4.69, 9.17) is 9.47 Å². The second kappa shape index (κ2) is 8.20. The minimum atomic E-state index is -4.44. The molecular formula is C21H27F3N2O4. The maximum atomic E-state index is 12.9. The standard InChI is InChI=1S/C21H27F3N2O4/c1-19(2,3)29-17(27)26(18(28)30-20(4,5)6)10-9-13-12-25-16-11-14(21(22,23)24)7-8-15(13)16/h7-8,11-12,25H,9-10H2,1-6H3. The lowest BCUT2D eigenvalue weighted by Crippen LogP contribution is -2.44. The molecule has 1 aromatic heterocycles. The molecule has 0 aliphatic rings. The molecule has 1 N–H and O–H groups in total. The van der Waals surface area contributed by atoms with Crippen LogP contribution >= 0.6 is 0 Å². The van der Waals surface area contributed by atoms with Gasteiger partial charge in [-0.3, -0.25) is 0 Å². The van der Waals surface area contributed by atoms with Crippen LogP contribution in [0.4, 0.5) is 22.8 Å². The van der Waals surface area contributed by atoms with E-state index >= 15 is 0 Å². The summed E-state index contributed by atoms with van der Waals surface area (Å²) in [7, 11) is 0. The quantitative estimate of drug-likeness (QED) is 0.661. The average Bonchev–Trinajstić information content (AvgIpc) is 2.93. The number of benzene rings is 1. The molecule has 1 aromatic carbocycles. The van der Waals surface area contributed by atoms with E-state index in [0.29, 0.717) is 16.5 Å². The fourth-order valence-electron chi connectivity index (χ4n) is 2.69. The minimum absolute atomic E-state index is 0.0577. The van der Waals surface area contributed by atoms with E-state index in [2.05, 4.69) is 4.98 Å². The topological polar surface area (TPSA) is 71.6 Å². The molecule has 0 spiro atoms. The highest BCUT2D eigenvalue weighted by Crippen LogP contribution is 2.32. The van der Waals surface area contributed by atoms with E-state index in [1.807, 2.05) is 0 Å². The maximum Gasteiger partial charge on any atom is 0.419 e. The Bertz CT molecular complexity index is 893. The number of carbonyl (C=O) groups excluding carboxylic acids is 2. The SMILES string of the molecule is CC(C)(C)OC(=O)N(CCc1c[nH]c2cc(C(F)(F)F)ccc12)C(=O)OC(C)(C)C. The Hall–Kier alpha value is -2.71. The molecule has 0 saturated heterocycles. The van der Waals surface area contributed by atoms with Crippen LogP contribution in [-0.2, 0) is 22.1 Å². The molecular weight excluding hydrogens is 401 g/mol. The summed E-state index contributed by atoms with van der Waals surface area (Å²) in [4.78, 5) is 28.7. The van der Waals surface area contributed by atoms with Gasteiger partial charge in [0, 0.05) is 23.6 Å². The summed E-state index contributed by atoms with van der Waals surface area (Å²) >= 11 is 0.